The van der Waals surface area contributed by atoms with Gasteiger partial charge < -0.3 is 9.84 Å². The molecule has 21 heavy (non-hydrogen) atoms. The Kier molecular flexibility index (Phi) is 4.84. The van der Waals surface area contributed by atoms with E-state index in [0.717, 1.165) is 30.0 Å². The van der Waals surface area contributed by atoms with E-state index in [9.17, 15) is 0 Å². The molecule has 1 heterocycles. The van der Waals surface area contributed by atoms with Crippen molar-refractivity contribution in [3.05, 3.63) is 41.6 Å². The van der Waals surface area contributed by atoms with E-state index in [1.807, 2.05) is 6.07 Å². The summed E-state index contributed by atoms with van der Waals surface area (Å²) in [6, 6.07) is 10.6. The molecule has 0 amide bonds. The molecule has 0 spiro atoms. The van der Waals surface area contributed by atoms with Crippen LogP contribution in [0, 0.1) is 5.92 Å². The molecule has 0 aliphatic carbocycles. The number of hydrogen-bond acceptors (Lipinski definition) is 3. The average molecular weight is 286 g/mol. The van der Waals surface area contributed by atoms with Crippen LogP contribution in [0.4, 0.5) is 0 Å². The standard InChI is InChI=1S/C18H26N2O/c1-13(2)10-14-6-8-15(9-7-14)17-11-16(20-21-17)12-19-18(3,4)5/h6-9,11,13,19H,10,12H2,1-5H3. The smallest absolute Gasteiger partial charge is 0.167 e. The van der Waals surface area contributed by atoms with Crippen molar-refractivity contribution in [3.8, 4) is 11.3 Å². The molecule has 0 unspecified atom stereocenters. The molecule has 0 fully saturated rings. The van der Waals surface area contributed by atoms with Crippen LogP contribution in [0.5, 0.6) is 0 Å². The molecule has 2 aromatic rings. The minimum Gasteiger partial charge on any atom is -0.356 e. The molecule has 1 aromatic carbocycles. The van der Waals surface area contributed by atoms with E-state index >= 15 is 0 Å². The maximum Gasteiger partial charge on any atom is 0.167 e. The molecule has 114 valence electrons. The van der Waals surface area contributed by atoms with Crippen LogP contribution in [0.1, 0.15) is 45.9 Å². The summed E-state index contributed by atoms with van der Waals surface area (Å²) in [6.07, 6.45) is 1.11. The Hall–Kier alpha value is -1.61. The zero-order chi connectivity index (χ0) is 15.5. The average Bonchev–Trinajstić information content (AvgIpc) is 2.84. The lowest BCUT2D eigenvalue weighted by Gasteiger charge is -2.19. The Labute approximate surface area is 127 Å². The van der Waals surface area contributed by atoms with E-state index in [2.05, 4.69) is 69.4 Å². The fourth-order valence-electron chi connectivity index (χ4n) is 2.16. The molecule has 0 aliphatic heterocycles. The SMILES string of the molecule is CC(C)Cc1ccc(-c2cc(CNC(C)(C)C)no2)cc1. The van der Waals surface area contributed by atoms with E-state index in [4.69, 9.17) is 4.52 Å². The normalized spacial score (nSPS) is 12.1. The van der Waals surface area contributed by atoms with Crippen LogP contribution in [0.25, 0.3) is 11.3 Å². The van der Waals surface area contributed by atoms with Gasteiger partial charge in [-0.3, -0.25) is 0 Å². The van der Waals surface area contributed by atoms with Crippen molar-refractivity contribution in [3.63, 3.8) is 0 Å². The molecule has 0 atom stereocenters. The van der Waals surface area contributed by atoms with Crippen molar-refractivity contribution in [2.75, 3.05) is 0 Å². The van der Waals surface area contributed by atoms with Crippen LogP contribution in [0.3, 0.4) is 0 Å². The van der Waals surface area contributed by atoms with Crippen LogP contribution >= 0.6 is 0 Å². The lowest BCUT2D eigenvalue weighted by Crippen LogP contribution is -2.35. The highest BCUT2D eigenvalue weighted by Crippen LogP contribution is 2.22. The predicted molar refractivity (Wildman–Crippen MR) is 87.1 cm³/mol. The Balaban J connectivity index is 2.03. The largest absolute Gasteiger partial charge is 0.356 e. The van der Waals surface area contributed by atoms with Crippen LogP contribution in [0.15, 0.2) is 34.9 Å². The third-order valence-electron chi connectivity index (χ3n) is 3.24. The number of hydrogen-bond donors (Lipinski definition) is 1. The van der Waals surface area contributed by atoms with Gasteiger partial charge in [0.2, 0.25) is 0 Å². The van der Waals surface area contributed by atoms with Gasteiger partial charge in [0.15, 0.2) is 5.76 Å². The van der Waals surface area contributed by atoms with Gasteiger partial charge in [-0.2, -0.15) is 0 Å². The topological polar surface area (TPSA) is 38.1 Å². The van der Waals surface area contributed by atoms with Gasteiger partial charge in [0, 0.05) is 23.7 Å². The van der Waals surface area contributed by atoms with E-state index in [1.165, 1.54) is 5.56 Å². The summed E-state index contributed by atoms with van der Waals surface area (Å²) in [5.41, 5.74) is 3.46. The lowest BCUT2D eigenvalue weighted by molar-refractivity contribution is 0.392. The molecule has 0 aliphatic rings. The highest BCUT2D eigenvalue weighted by atomic mass is 16.5. The summed E-state index contributed by atoms with van der Waals surface area (Å²) in [6.45, 7) is 11.6. The van der Waals surface area contributed by atoms with Crippen molar-refractivity contribution in [1.29, 1.82) is 0 Å². The van der Waals surface area contributed by atoms with Crippen molar-refractivity contribution >= 4 is 0 Å². The van der Waals surface area contributed by atoms with Crippen molar-refractivity contribution in [1.82, 2.24) is 10.5 Å². The third kappa shape index (κ3) is 5.01. The second-order valence-corrected chi connectivity index (χ2v) is 7.08. The first-order chi connectivity index (χ1) is 9.83. The van der Waals surface area contributed by atoms with E-state index in [0.29, 0.717) is 5.92 Å². The maximum atomic E-state index is 5.45. The number of aromatic nitrogens is 1. The fraction of sp³-hybridized carbons (Fsp3) is 0.500. The zero-order valence-corrected chi connectivity index (χ0v) is 13.7. The molecule has 0 bridgehead atoms. The highest BCUT2D eigenvalue weighted by molar-refractivity contribution is 5.57. The fourth-order valence-corrected chi connectivity index (χ4v) is 2.16. The minimum atomic E-state index is 0.0810. The van der Waals surface area contributed by atoms with Crippen molar-refractivity contribution in [2.24, 2.45) is 5.92 Å². The van der Waals surface area contributed by atoms with Gasteiger partial charge in [-0.15, -0.1) is 0 Å². The summed E-state index contributed by atoms with van der Waals surface area (Å²) in [5, 5.41) is 7.54. The Morgan fingerprint density at radius 1 is 1.14 bits per heavy atom. The second-order valence-electron chi connectivity index (χ2n) is 7.08. The van der Waals surface area contributed by atoms with Crippen LogP contribution in [0.2, 0.25) is 0 Å². The Morgan fingerprint density at radius 3 is 2.38 bits per heavy atom. The summed E-state index contributed by atoms with van der Waals surface area (Å²) < 4.78 is 5.45. The molecule has 0 saturated heterocycles. The first-order valence-corrected chi connectivity index (χ1v) is 7.63. The molecule has 0 radical (unpaired) electrons. The number of nitrogens with one attached hydrogen (secondary N) is 1. The zero-order valence-electron chi connectivity index (χ0n) is 13.7. The van der Waals surface area contributed by atoms with Crippen molar-refractivity contribution in [2.45, 2.75) is 53.1 Å². The van der Waals surface area contributed by atoms with E-state index < -0.39 is 0 Å². The molecule has 2 rings (SSSR count). The number of nitrogens with zero attached hydrogens (tertiary/aromatic N) is 1. The van der Waals surface area contributed by atoms with Gasteiger partial charge in [0.25, 0.3) is 0 Å². The summed E-state index contributed by atoms with van der Waals surface area (Å²) in [5.74, 6) is 1.51. The first kappa shape index (κ1) is 15.8. The van der Waals surface area contributed by atoms with Crippen LogP contribution in [-0.4, -0.2) is 10.7 Å². The molecule has 1 N–H and O–H groups in total. The maximum absolute atomic E-state index is 5.45. The first-order valence-electron chi connectivity index (χ1n) is 7.63. The van der Waals surface area contributed by atoms with E-state index in [1.54, 1.807) is 0 Å². The Bertz CT molecular complexity index is 562. The van der Waals surface area contributed by atoms with Gasteiger partial charge >= 0.3 is 0 Å². The second kappa shape index (κ2) is 6.44. The molecular weight excluding hydrogens is 260 g/mol. The van der Waals surface area contributed by atoms with Gasteiger partial charge in [-0.05, 0) is 38.7 Å². The van der Waals surface area contributed by atoms with Gasteiger partial charge in [-0.25, -0.2) is 0 Å². The quantitative estimate of drug-likeness (QED) is 0.883. The van der Waals surface area contributed by atoms with Gasteiger partial charge in [0.05, 0.1) is 5.69 Å². The van der Waals surface area contributed by atoms with Gasteiger partial charge in [-0.1, -0.05) is 43.3 Å². The molecule has 1 aromatic heterocycles. The summed E-state index contributed by atoms with van der Waals surface area (Å²) in [4.78, 5) is 0. The molecule has 0 saturated carbocycles. The predicted octanol–water partition coefficient (Wildman–Crippen LogP) is 4.43. The number of rotatable bonds is 5. The minimum absolute atomic E-state index is 0.0810. The van der Waals surface area contributed by atoms with Gasteiger partial charge in [0.1, 0.15) is 0 Å². The van der Waals surface area contributed by atoms with Crippen LogP contribution < -0.4 is 5.32 Å². The Morgan fingerprint density at radius 2 is 1.81 bits per heavy atom. The van der Waals surface area contributed by atoms with Crippen LogP contribution in [-0.2, 0) is 13.0 Å². The molecular formula is C18H26N2O. The van der Waals surface area contributed by atoms with E-state index in [-0.39, 0.29) is 5.54 Å². The third-order valence-corrected chi connectivity index (χ3v) is 3.24. The monoisotopic (exact) mass is 286 g/mol. The highest BCUT2D eigenvalue weighted by Gasteiger charge is 2.11. The van der Waals surface area contributed by atoms with Crippen molar-refractivity contribution < 1.29 is 4.52 Å². The summed E-state index contributed by atoms with van der Waals surface area (Å²) in [7, 11) is 0. The molecule has 3 nitrogen and oxygen atoms in total. The number of benzene rings is 1. The molecule has 3 heteroatoms. The lowest BCUT2D eigenvalue weighted by atomic mass is 10.0. The summed E-state index contributed by atoms with van der Waals surface area (Å²) >= 11 is 0.